The second kappa shape index (κ2) is 7.98. The predicted molar refractivity (Wildman–Crippen MR) is 105 cm³/mol. The van der Waals surface area contributed by atoms with Crippen LogP contribution in [0.25, 0.3) is 11.2 Å². The number of morpholine rings is 1. The van der Waals surface area contributed by atoms with Gasteiger partial charge < -0.3 is 9.30 Å². The molecule has 150 valence electrons. The Hall–Kier alpha value is -1.93. The Bertz CT molecular complexity index is 916. The van der Waals surface area contributed by atoms with E-state index in [9.17, 15) is 9.59 Å². The summed E-state index contributed by atoms with van der Waals surface area (Å²) in [6.07, 6.45) is 3.53. The summed E-state index contributed by atoms with van der Waals surface area (Å²) in [5.41, 5.74) is 0.391. The maximum atomic E-state index is 12.8. The zero-order valence-electron chi connectivity index (χ0n) is 17.1. The molecule has 0 aliphatic carbocycles. The monoisotopic (exact) mass is 377 g/mol. The van der Waals surface area contributed by atoms with E-state index in [4.69, 9.17) is 9.72 Å². The number of rotatable bonds is 6. The second-order valence-electron chi connectivity index (χ2n) is 7.72. The van der Waals surface area contributed by atoms with Crippen molar-refractivity contribution in [2.24, 2.45) is 14.1 Å². The molecule has 8 nitrogen and oxygen atoms in total. The van der Waals surface area contributed by atoms with Crippen LogP contribution < -0.4 is 11.2 Å². The normalized spacial score (nSPS) is 21.2. The molecule has 2 atom stereocenters. The van der Waals surface area contributed by atoms with Crippen LogP contribution in [0.3, 0.4) is 0 Å². The minimum Gasteiger partial charge on any atom is -0.373 e. The zero-order valence-corrected chi connectivity index (χ0v) is 17.1. The van der Waals surface area contributed by atoms with E-state index in [1.807, 2.05) is 4.57 Å². The molecule has 0 spiro atoms. The molecule has 0 aromatic carbocycles. The molecule has 27 heavy (non-hydrogen) atoms. The Morgan fingerprint density at radius 2 is 1.74 bits per heavy atom. The Labute approximate surface area is 159 Å². The van der Waals surface area contributed by atoms with Crippen molar-refractivity contribution in [1.29, 1.82) is 0 Å². The number of aryl methyl sites for hydroxylation is 2. The smallest absolute Gasteiger partial charge is 0.332 e. The van der Waals surface area contributed by atoms with E-state index in [-0.39, 0.29) is 23.5 Å². The highest BCUT2D eigenvalue weighted by molar-refractivity contribution is 5.71. The number of unbranched alkanes of at least 4 members (excludes halogenated alkanes) is 2. The van der Waals surface area contributed by atoms with Gasteiger partial charge in [-0.1, -0.05) is 19.8 Å². The van der Waals surface area contributed by atoms with Gasteiger partial charge in [0.1, 0.15) is 5.82 Å². The van der Waals surface area contributed by atoms with E-state index in [1.54, 1.807) is 7.05 Å². The quantitative estimate of drug-likeness (QED) is 0.708. The van der Waals surface area contributed by atoms with Crippen molar-refractivity contribution in [2.45, 2.75) is 65.3 Å². The second-order valence-corrected chi connectivity index (χ2v) is 7.72. The van der Waals surface area contributed by atoms with Crippen LogP contribution in [0.1, 0.15) is 45.9 Å². The van der Waals surface area contributed by atoms with Gasteiger partial charge in [0.05, 0.1) is 18.8 Å². The first kappa shape index (κ1) is 19.8. The van der Waals surface area contributed by atoms with Crippen molar-refractivity contribution in [2.75, 3.05) is 13.1 Å². The van der Waals surface area contributed by atoms with Gasteiger partial charge in [-0.2, -0.15) is 0 Å². The zero-order chi connectivity index (χ0) is 19.7. The summed E-state index contributed by atoms with van der Waals surface area (Å²) in [6, 6.07) is 0. The third kappa shape index (κ3) is 3.87. The highest BCUT2D eigenvalue weighted by atomic mass is 16.5. The van der Waals surface area contributed by atoms with Gasteiger partial charge in [-0.05, 0) is 20.3 Å². The Kier molecular flexibility index (Phi) is 5.86. The van der Waals surface area contributed by atoms with Crippen molar-refractivity contribution in [1.82, 2.24) is 23.6 Å². The van der Waals surface area contributed by atoms with E-state index >= 15 is 0 Å². The van der Waals surface area contributed by atoms with Gasteiger partial charge in [0.25, 0.3) is 5.56 Å². The van der Waals surface area contributed by atoms with E-state index in [1.165, 1.54) is 16.2 Å². The van der Waals surface area contributed by atoms with Crippen LogP contribution in [-0.4, -0.2) is 48.9 Å². The molecule has 2 aromatic rings. The third-order valence-corrected chi connectivity index (χ3v) is 5.27. The van der Waals surface area contributed by atoms with Crippen LogP contribution in [0.15, 0.2) is 9.59 Å². The fourth-order valence-corrected chi connectivity index (χ4v) is 3.99. The van der Waals surface area contributed by atoms with Gasteiger partial charge in [-0.25, -0.2) is 9.78 Å². The average Bonchev–Trinajstić information content (AvgIpc) is 2.96. The summed E-state index contributed by atoms with van der Waals surface area (Å²) >= 11 is 0. The SMILES string of the molecule is CCCCCn1c(CN2C[C@H](C)O[C@@H](C)C2)nc2c1c(=O)n(C)c(=O)n2C. The molecule has 1 aliphatic heterocycles. The molecular weight excluding hydrogens is 346 g/mol. The topological polar surface area (TPSA) is 74.3 Å². The molecule has 0 radical (unpaired) electrons. The Morgan fingerprint density at radius 3 is 2.37 bits per heavy atom. The van der Waals surface area contributed by atoms with Crippen LogP contribution >= 0.6 is 0 Å². The maximum Gasteiger partial charge on any atom is 0.332 e. The molecule has 3 heterocycles. The van der Waals surface area contributed by atoms with Crippen LogP contribution in [0.2, 0.25) is 0 Å². The lowest BCUT2D eigenvalue weighted by atomic mass is 10.2. The summed E-state index contributed by atoms with van der Waals surface area (Å²) in [6.45, 7) is 9.36. The number of imidazole rings is 1. The lowest BCUT2D eigenvalue weighted by molar-refractivity contribution is -0.0712. The molecule has 8 heteroatoms. The van der Waals surface area contributed by atoms with Gasteiger partial charge in [0.2, 0.25) is 0 Å². The van der Waals surface area contributed by atoms with Crippen molar-refractivity contribution in [3.8, 4) is 0 Å². The van der Waals surface area contributed by atoms with Gasteiger partial charge in [-0.3, -0.25) is 18.8 Å². The van der Waals surface area contributed by atoms with E-state index in [0.717, 1.165) is 44.7 Å². The summed E-state index contributed by atoms with van der Waals surface area (Å²) in [5, 5.41) is 0. The molecule has 2 aromatic heterocycles. The van der Waals surface area contributed by atoms with Crippen LogP contribution in [-0.2, 0) is 31.9 Å². The first-order valence-electron chi connectivity index (χ1n) is 9.86. The maximum absolute atomic E-state index is 12.8. The summed E-state index contributed by atoms with van der Waals surface area (Å²) < 4.78 is 10.5. The first-order chi connectivity index (χ1) is 12.8. The summed E-state index contributed by atoms with van der Waals surface area (Å²) in [5.74, 6) is 0.848. The molecule has 1 fully saturated rings. The van der Waals surface area contributed by atoms with E-state index < -0.39 is 0 Å². The molecule has 0 unspecified atom stereocenters. The molecule has 1 saturated heterocycles. The number of hydrogen-bond donors (Lipinski definition) is 0. The highest BCUT2D eigenvalue weighted by Gasteiger charge is 2.25. The summed E-state index contributed by atoms with van der Waals surface area (Å²) in [4.78, 5) is 32.2. The fraction of sp³-hybridized carbons (Fsp3) is 0.737. The lowest BCUT2D eigenvalue weighted by Gasteiger charge is -2.35. The Morgan fingerprint density at radius 1 is 1.07 bits per heavy atom. The van der Waals surface area contributed by atoms with Crippen LogP contribution in [0.4, 0.5) is 0 Å². The molecule has 0 bridgehead atoms. The third-order valence-electron chi connectivity index (χ3n) is 5.27. The molecule has 0 amide bonds. The van der Waals surface area contributed by atoms with Gasteiger partial charge in [0.15, 0.2) is 11.2 Å². The Balaban J connectivity index is 2.06. The number of aromatic nitrogens is 4. The minimum atomic E-state index is -0.342. The molecular formula is C19H31N5O3. The largest absolute Gasteiger partial charge is 0.373 e. The fourth-order valence-electron chi connectivity index (χ4n) is 3.99. The number of ether oxygens (including phenoxy) is 1. The number of hydrogen-bond acceptors (Lipinski definition) is 5. The van der Waals surface area contributed by atoms with Gasteiger partial charge in [0, 0.05) is 33.7 Å². The lowest BCUT2D eigenvalue weighted by Crippen LogP contribution is -2.45. The molecule has 3 rings (SSSR count). The highest BCUT2D eigenvalue weighted by Crippen LogP contribution is 2.18. The van der Waals surface area contributed by atoms with Crippen molar-refractivity contribution >= 4 is 11.2 Å². The predicted octanol–water partition coefficient (Wildman–Crippen LogP) is 1.23. The first-order valence-corrected chi connectivity index (χ1v) is 9.86. The van der Waals surface area contributed by atoms with Crippen LogP contribution in [0.5, 0.6) is 0 Å². The van der Waals surface area contributed by atoms with Gasteiger partial charge in [-0.15, -0.1) is 0 Å². The van der Waals surface area contributed by atoms with Crippen LogP contribution in [0, 0.1) is 0 Å². The average molecular weight is 377 g/mol. The number of nitrogens with zero attached hydrogens (tertiary/aromatic N) is 5. The molecule has 0 saturated carbocycles. The molecule has 1 aliphatic rings. The molecule has 0 N–H and O–H groups in total. The standard InChI is InChI=1S/C19H31N5O3/c1-6-7-8-9-24-15(12-23-10-13(2)27-14(3)11-23)20-17-16(24)18(25)22(5)19(26)21(17)4/h13-14H,6-12H2,1-5H3/t13-,14-/m0/s1. The van der Waals surface area contributed by atoms with Gasteiger partial charge >= 0.3 is 5.69 Å². The minimum absolute atomic E-state index is 0.170. The van der Waals surface area contributed by atoms with Crippen molar-refractivity contribution in [3.05, 3.63) is 26.7 Å². The van der Waals surface area contributed by atoms with Crippen molar-refractivity contribution in [3.63, 3.8) is 0 Å². The van der Waals surface area contributed by atoms with Crippen molar-refractivity contribution < 1.29 is 4.74 Å². The van der Waals surface area contributed by atoms with E-state index in [0.29, 0.717) is 17.7 Å². The van der Waals surface area contributed by atoms with E-state index in [2.05, 4.69) is 25.7 Å². The number of fused-ring (bicyclic) bond motifs is 1. The summed E-state index contributed by atoms with van der Waals surface area (Å²) in [7, 11) is 3.20.